The van der Waals surface area contributed by atoms with Gasteiger partial charge in [0.25, 0.3) is 0 Å². The van der Waals surface area contributed by atoms with Crippen LogP contribution in [0.25, 0.3) is 0 Å². The van der Waals surface area contributed by atoms with Crippen molar-refractivity contribution >= 4 is 18.5 Å². The maximum absolute atomic E-state index is 11.2. The number of carbonyl (C=O) groups excluding carboxylic acids is 1. The quantitative estimate of drug-likeness (QED) is 0.660. The molecule has 80 valence electrons. The molecule has 0 radical (unpaired) electrons. The molecule has 1 heterocycles. The molecule has 2 nitrogen and oxygen atoms in total. The molecular weight excluding hydrogens is 194 g/mol. The van der Waals surface area contributed by atoms with Crippen LogP contribution in [0.3, 0.4) is 0 Å². The van der Waals surface area contributed by atoms with Crippen LogP contribution in [0.4, 0.5) is 0 Å². The summed E-state index contributed by atoms with van der Waals surface area (Å²) in [7, 11) is 0. The van der Waals surface area contributed by atoms with E-state index in [1.165, 1.54) is 25.7 Å². The summed E-state index contributed by atoms with van der Waals surface area (Å²) in [6, 6.07) is 0. The number of likely N-dealkylation sites (tertiary alicyclic amines) is 1. The first-order chi connectivity index (χ1) is 6.65. The molecule has 1 spiro atoms. The molecule has 14 heavy (non-hydrogen) atoms. The second kappa shape index (κ2) is 3.76. The second-order valence-electron chi connectivity index (χ2n) is 4.98. The Balaban J connectivity index is 1.97. The molecule has 1 saturated heterocycles. The normalized spacial score (nSPS) is 37.0. The molecule has 0 unspecified atom stereocenters. The van der Waals surface area contributed by atoms with Gasteiger partial charge >= 0.3 is 0 Å². The summed E-state index contributed by atoms with van der Waals surface area (Å²) in [4.78, 5) is 13.3. The Kier molecular flexibility index (Phi) is 2.78. The van der Waals surface area contributed by atoms with Crippen LogP contribution in [0.2, 0.25) is 0 Å². The molecule has 2 atom stereocenters. The largest absolute Gasteiger partial charge is 0.342 e. The maximum Gasteiger partial charge on any atom is 0.219 e. The lowest BCUT2D eigenvalue weighted by molar-refractivity contribution is -0.128. The van der Waals surface area contributed by atoms with Crippen LogP contribution in [-0.2, 0) is 4.79 Å². The lowest BCUT2D eigenvalue weighted by atomic mass is 9.85. The fourth-order valence-corrected chi connectivity index (χ4v) is 3.37. The van der Waals surface area contributed by atoms with E-state index in [9.17, 15) is 4.79 Å². The number of amides is 1. The third-order valence-electron chi connectivity index (χ3n) is 3.95. The lowest BCUT2D eigenvalue weighted by Gasteiger charge is -2.23. The molecule has 0 N–H and O–H groups in total. The monoisotopic (exact) mass is 213 g/mol. The van der Waals surface area contributed by atoms with Crippen molar-refractivity contribution in [1.82, 2.24) is 4.90 Å². The summed E-state index contributed by atoms with van der Waals surface area (Å²) in [5.41, 5.74) is 0.471. The molecule has 0 bridgehead atoms. The molecule has 3 heteroatoms. The smallest absolute Gasteiger partial charge is 0.219 e. The number of rotatable bonds is 1. The molecular formula is C11H19NOS. The molecule has 2 rings (SSSR count). The minimum Gasteiger partial charge on any atom is -0.342 e. The van der Waals surface area contributed by atoms with Crippen LogP contribution in [0.5, 0.6) is 0 Å². The number of nitrogens with zero attached hydrogens (tertiary/aromatic N) is 1. The van der Waals surface area contributed by atoms with E-state index in [1.54, 1.807) is 6.92 Å². The van der Waals surface area contributed by atoms with E-state index < -0.39 is 0 Å². The summed E-state index contributed by atoms with van der Waals surface area (Å²) in [6.45, 7) is 3.67. The fourth-order valence-electron chi connectivity index (χ4n) is 3.06. The summed E-state index contributed by atoms with van der Waals surface area (Å²) in [5.74, 6) is 2.06. The van der Waals surface area contributed by atoms with E-state index in [-0.39, 0.29) is 5.91 Å². The van der Waals surface area contributed by atoms with E-state index in [2.05, 4.69) is 12.6 Å². The predicted octanol–water partition coefficient (Wildman–Crippen LogP) is 1.95. The van der Waals surface area contributed by atoms with Crippen LogP contribution in [0, 0.1) is 11.3 Å². The van der Waals surface area contributed by atoms with E-state index in [0.717, 1.165) is 24.8 Å². The van der Waals surface area contributed by atoms with Gasteiger partial charge in [-0.05, 0) is 42.8 Å². The first-order valence-corrected chi connectivity index (χ1v) is 6.15. The molecule has 1 saturated carbocycles. The first kappa shape index (κ1) is 10.3. The fraction of sp³-hybridized carbons (Fsp3) is 0.909. The van der Waals surface area contributed by atoms with Gasteiger partial charge in [0, 0.05) is 20.0 Å². The van der Waals surface area contributed by atoms with Gasteiger partial charge in [-0.1, -0.05) is 0 Å². The SMILES string of the molecule is CC(=O)N1CC[C@@]2(CC[C@@H](CS)C2)C1. The van der Waals surface area contributed by atoms with E-state index in [0.29, 0.717) is 5.41 Å². The second-order valence-corrected chi connectivity index (χ2v) is 5.35. The predicted molar refractivity (Wildman–Crippen MR) is 60.5 cm³/mol. The van der Waals surface area contributed by atoms with Gasteiger partial charge in [-0.3, -0.25) is 4.79 Å². The third kappa shape index (κ3) is 1.79. The van der Waals surface area contributed by atoms with Crippen molar-refractivity contribution in [2.24, 2.45) is 11.3 Å². The first-order valence-electron chi connectivity index (χ1n) is 5.52. The Bertz CT molecular complexity index is 243. The Hall–Kier alpha value is -0.180. The minimum absolute atomic E-state index is 0.246. The van der Waals surface area contributed by atoms with Gasteiger partial charge in [-0.2, -0.15) is 12.6 Å². The zero-order valence-electron chi connectivity index (χ0n) is 8.83. The number of hydrogen-bond donors (Lipinski definition) is 1. The summed E-state index contributed by atoms with van der Waals surface area (Å²) in [6.07, 6.45) is 5.13. The average molecular weight is 213 g/mol. The van der Waals surface area contributed by atoms with Crippen LogP contribution in [-0.4, -0.2) is 29.6 Å². The van der Waals surface area contributed by atoms with Crippen LogP contribution in [0.15, 0.2) is 0 Å². The van der Waals surface area contributed by atoms with Crippen molar-refractivity contribution in [2.45, 2.75) is 32.6 Å². The molecule has 2 fully saturated rings. The van der Waals surface area contributed by atoms with Gasteiger partial charge in [-0.15, -0.1) is 0 Å². The van der Waals surface area contributed by atoms with Gasteiger partial charge in [0.1, 0.15) is 0 Å². The standard InChI is InChI=1S/C11H19NOS/c1-9(13)12-5-4-11(8-12)3-2-10(6-11)7-14/h10,14H,2-8H2,1H3/t10-,11-/m1/s1. The zero-order valence-corrected chi connectivity index (χ0v) is 9.72. The number of hydrogen-bond acceptors (Lipinski definition) is 2. The summed E-state index contributed by atoms with van der Waals surface area (Å²) < 4.78 is 0. The Morgan fingerprint density at radius 3 is 2.86 bits per heavy atom. The van der Waals surface area contributed by atoms with Gasteiger partial charge in [-0.25, -0.2) is 0 Å². The molecule has 0 aromatic rings. The van der Waals surface area contributed by atoms with Crippen LogP contribution < -0.4 is 0 Å². The van der Waals surface area contributed by atoms with Crippen molar-refractivity contribution in [3.8, 4) is 0 Å². The minimum atomic E-state index is 0.246. The highest BCUT2D eigenvalue weighted by Crippen LogP contribution is 2.48. The highest BCUT2D eigenvalue weighted by Gasteiger charge is 2.44. The van der Waals surface area contributed by atoms with E-state index in [4.69, 9.17) is 0 Å². The maximum atomic E-state index is 11.2. The topological polar surface area (TPSA) is 20.3 Å². The molecule has 1 amide bonds. The Labute approximate surface area is 91.5 Å². The lowest BCUT2D eigenvalue weighted by Crippen LogP contribution is -2.29. The van der Waals surface area contributed by atoms with Crippen LogP contribution in [0.1, 0.15) is 32.6 Å². The summed E-state index contributed by atoms with van der Waals surface area (Å²) in [5, 5.41) is 0. The van der Waals surface area contributed by atoms with Crippen molar-refractivity contribution in [1.29, 1.82) is 0 Å². The zero-order chi connectivity index (χ0) is 10.2. The van der Waals surface area contributed by atoms with Gasteiger partial charge in [0.2, 0.25) is 5.91 Å². The summed E-state index contributed by atoms with van der Waals surface area (Å²) >= 11 is 4.37. The van der Waals surface area contributed by atoms with E-state index in [1.807, 2.05) is 4.90 Å². The highest BCUT2D eigenvalue weighted by molar-refractivity contribution is 7.80. The molecule has 0 aromatic heterocycles. The van der Waals surface area contributed by atoms with Gasteiger partial charge in [0.15, 0.2) is 0 Å². The van der Waals surface area contributed by atoms with Crippen molar-refractivity contribution < 1.29 is 4.79 Å². The van der Waals surface area contributed by atoms with Gasteiger partial charge < -0.3 is 4.90 Å². The molecule has 2 aliphatic rings. The molecule has 1 aliphatic carbocycles. The van der Waals surface area contributed by atoms with Gasteiger partial charge in [0.05, 0.1) is 0 Å². The van der Waals surface area contributed by atoms with Crippen molar-refractivity contribution in [3.05, 3.63) is 0 Å². The van der Waals surface area contributed by atoms with Crippen LogP contribution >= 0.6 is 12.6 Å². The Morgan fingerprint density at radius 2 is 2.36 bits per heavy atom. The molecule has 1 aliphatic heterocycles. The number of carbonyl (C=O) groups is 1. The molecule has 0 aromatic carbocycles. The Morgan fingerprint density at radius 1 is 1.57 bits per heavy atom. The average Bonchev–Trinajstić information content (AvgIpc) is 2.74. The third-order valence-corrected chi connectivity index (χ3v) is 4.46. The number of thiol groups is 1. The van der Waals surface area contributed by atoms with Crippen molar-refractivity contribution in [2.75, 3.05) is 18.8 Å². The van der Waals surface area contributed by atoms with Crippen molar-refractivity contribution in [3.63, 3.8) is 0 Å². The highest BCUT2D eigenvalue weighted by atomic mass is 32.1. The van der Waals surface area contributed by atoms with E-state index >= 15 is 0 Å².